The maximum absolute atomic E-state index is 5.57. The van der Waals surface area contributed by atoms with Crippen LogP contribution in [0.3, 0.4) is 0 Å². The van der Waals surface area contributed by atoms with Crippen LogP contribution in [0.5, 0.6) is 11.5 Å². The molecule has 23 heavy (non-hydrogen) atoms. The number of rotatable bonds is 9. The van der Waals surface area contributed by atoms with E-state index in [9.17, 15) is 0 Å². The van der Waals surface area contributed by atoms with E-state index in [0.717, 1.165) is 35.4 Å². The molecule has 0 saturated carbocycles. The molecule has 0 aliphatic heterocycles. The van der Waals surface area contributed by atoms with Crippen LogP contribution in [0.2, 0.25) is 0 Å². The molecule has 5 nitrogen and oxygen atoms in total. The predicted molar refractivity (Wildman–Crippen MR) is 112 cm³/mol. The number of anilines is 1. The Morgan fingerprint density at radius 1 is 1.39 bits per heavy atom. The Labute approximate surface area is 160 Å². The normalized spacial score (nSPS) is 10.5. The number of hydrogen-bond acceptors (Lipinski definition) is 4. The second-order valence-electron chi connectivity index (χ2n) is 4.29. The molecule has 0 fully saturated rings. The highest BCUT2D eigenvalue weighted by molar-refractivity contribution is 14.0. The van der Waals surface area contributed by atoms with Gasteiger partial charge < -0.3 is 20.1 Å². The third kappa shape index (κ3) is 8.36. The van der Waals surface area contributed by atoms with E-state index in [4.69, 9.17) is 9.47 Å². The van der Waals surface area contributed by atoms with Crippen LogP contribution in [0.1, 0.15) is 6.92 Å². The van der Waals surface area contributed by atoms with E-state index in [0.29, 0.717) is 12.4 Å². The fourth-order valence-corrected chi connectivity index (χ4v) is 2.33. The number of methoxy groups -OCH3 is 1. The average Bonchev–Trinajstić information content (AvgIpc) is 2.54. The van der Waals surface area contributed by atoms with Crippen LogP contribution in [0, 0.1) is 0 Å². The summed E-state index contributed by atoms with van der Waals surface area (Å²) in [6.45, 7) is 7.08. The standard InChI is InChI=1S/C16H25N3O2S.HI/c1-5-10-22-11-9-18-16(17-3)19-13-7-8-14(20-4)15(12-13)21-6-2;/h5,7-8,12H,1,6,9-11H2,2-4H3,(H2,17,18,19);1H. The van der Waals surface area contributed by atoms with Crippen LogP contribution in [0.15, 0.2) is 35.8 Å². The van der Waals surface area contributed by atoms with Crippen molar-refractivity contribution in [3.8, 4) is 11.5 Å². The summed E-state index contributed by atoms with van der Waals surface area (Å²) in [6.07, 6.45) is 1.91. The lowest BCUT2D eigenvalue weighted by molar-refractivity contribution is 0.311. The smallest absolute Gasteiger partial charge is 0.195 e. The van der Waals surface area contributed by atoms with Gasteiger partial charge in [-0.2, -0.15) is 11.8 Å². The number of ether oxygens (including phenoxy) is 2. The molecule has 0 saturated heterocycles. The summed E-state index contributed by atoms with van der Waals surface area (Å²) in [5, 5.41) is 6.51. The molecule has 1 aromatic carbocycles. The van der Waals surface area contributed by atoms with E-state index in [1.54, 1.807) is 14.2 Å². The summed E-state index contributed by atoms with van der Waals surface area (Å²) in [5.41, 5.74) is 0.899. The van der Waals surface area contributed by atoms with Gasteiger partial charge >= 0.3 is 0 Å². The second kappa shape index (κ2) is 13.4. The molecule has 0 unspecified atom stereocenters. The molecule has 0 amide bonds. The maximum Gasteiger partial charge on any atom is 0.195 e. The monoisotopic (exact) mass is 451 g/mol. The molecule has 130 valence electrons. The summed E-state index contributed by atoms with van der Waals surface area (Å²) in [4.78, 5) is 4.21. The minimum absolute atomic E-state index is 0. The van der Waals surface area contributed by atoms with Crippen molar-refractivity contribution in [1.82, 2.24) is 5.32 Å². The number of nitrogens with zero attached hydrogens (tertiary/aromatic N) is 1. The quantitative estimate of drug-likeness (QED) is 0.198. The SMILES string of the molecule is C=CCSCCNC(=NC)Nc1ccc(OC)c(OCC)c1.I. The molecule has 0 bridgehead atoms. The molecule has 1 aromatic rings. The highest BCUT2D eigenvalue weighted by Gasteiger charge is 2.06. The fraction of sp³-hybridized carbons (Fsp3) is 0.438. The van der Waals surface area contributed by atoms with Crippen molar-refractivity contribution >= 4 is 47.4 Å². The van der Waals surface area contributed by atoms with Crippen molar-refractivity contribution < 1.29 is 9.47 Å². The predicted octanol–water partition coefficient (Wildman–Crippen LogP) is 3.62. The molecule has 0 spiro atoms. The lowest BCUT2D eigenvalue weighted by Crippen LogP contribution is -2.32. The van der Waals surface area contributed by atoms with Gasteiger partial charge in [0.25, 0.3) is 0 Å². The van der Waals surface area contributed by atoms with Gasteiger partial charge in [-0.15, -0.1) is 30.6 Å². The Hall–Kier alpha value is -1.09. The molecule has 0 aliphatic carbocycles. The molecule has 7 heteroatoms. The average molecular weight is 451 g/mol. The van der Waals surface area contributed by atoms with Crippen LogP contribution >= 0.6 is 35.7 Å². The number of guanidine groups is 1. The lowest BCUT2D eigenvalue weighted by atomic mass is 10.2. The summed E-state index contributed by atoms with van der Waals surface area (Å²) in [6, 6.07) is 5.71. The van der Waals surface area contributed by atoms with Gasteiger partial charge in [0.2, 0.25) is 0 Å². The highest BCUT2D eigenvalue weighted by Crippen LogP contribution is 2.30. The van der Waals surface area contributed by atoms with Gasteiger partial charge in [-0.05, 0) is 19.1 Å². The number of nitrogens with one attached hydrogen (secondary N) is 2. The van der Waals surface area contributed by atoms with Crippen molar-refractivity contribution in [1.29, 1.82) is 0 Å². The van der Waals surface area contributed by atoms with Crippen LogP contribution < -0.4 is 20.1 Å². The first-order chi connectivity index (χ1) is 10.7. The lowest BCUT2D eigenvalue weighted by Gasteiger charge is -2.14. The first-order valence-corrected chi connectivity index (χ1v) is 8.37. The van der Waals surface area contributed by atoms with E-state index in [1.807, 2.05) is 43.0 Å². The van der Waals surface area contributed by atoms with Gasteiger partial charge in [0.1, 0.15) is 0 Å². The number of hydrogen-bond donors (Lipinski definition) is 2. The van der Waals surface area contributed by atoms with Gasteiger partial charge in [-0.1, -0.05) is 6.08 Å². The van der Waals surface area contributed by atoms with Crippen LogP contribution in [-0.2, 0) is 0 Å². The van der Waals surface area contributed by atoms with Crippen molar-refractivity contribution in [2.24, 2.45) is 4.99 Å². The Morgan fingerprint density at radius 3 is 2.78 bits per heavy atom. The van der Waals surface area contributed by atoms with Crippen molar-refractivity contribution in [2.45, 2.75) is 6.92 Å². The van der Waals surface area contributed by atoms with Gasteiger partial charge in [-0.25, -0.2) is 0 Å². The Bertz CT molecular complexity index is 498. The zero-order valence-corrected chi connectivity index (χ0v) is 17.1. The maximum atomic E-state index is 5.57. The number of benzene rings is 1. The van der Waals surface area contributed by atoms with E-state index >= 15 is 0 Å². The van der Waals surface area contributed by atoms with Gasteiger partial charge in [0.05, 0.1) is 13.7 Å². The second-order valence-corrected chi connectivity index (χ2v) is 5.44. The summed E-state index contributed by atoms with van der Waals surface area (Å²) >= 11 is 1.83. The molecule has 0 radical (unpaired) electrons. The molecular formula is C16H26IN3O2S. The third-order valence-electron chi connectivity index (χ3n) is 2.72. The van der Waals surface area contributed by atoms with Gasteiger partial charge in [0, 0.05) is 36.9 Å². The van der Waals surface area contributed by atoms with Crippen molar-refractivity contribution in [3.05, 3.63) is 30.9 Å². The fourth-order valence-electron chi connectivity index (χ4n) is 1.75. The van der Waals surface area contributed by atoms with E-state index in [2.05, 4.69) is 22.2 Å². The Kier molecular flexibility index (Phi) is 12.7. The Morgan fingerprint density at radius 2 is 2.17 bits per heavy atom. The van der Waals surface area contributed by atoms with Crippen LogP contribution in [0.25, 0.3) is 0 Å². The minimum Gasteiger partial charge on any atom is -0.493 e. The number of aliphatic imine (C=N–C) groups is 1. The third-order valence-corrected chi connectivity index (χ3v) is 3.69. The topological polar surface area (TPSA) is 54.9 Å². The minimum atomic E-state index is 0. The largest absolute Gasteiger partial charge is 0.493 e. The molecule has 0 atom stereocenters. The zero-order chi connectivity index (χ0) is 16.2. The molecule has 0 aliphatic rings. The van der Waals surface area contributed by atoms with E-state index in [-0.39, 0.29) is 24.0 Å². The summed E-state index contributed by atoms with van der Waals surface area (Å²) in [7, 11) is 3.38. The molecule has 0 aromatic heterocycles. The Balaban J connectivity index is 0.00000484. The zero-order valence-electron chi connectivity index (χ0n) is 13.9. The van der Waals surface area contributed by atoms with Gasteiger partial charge in [-0.3, -0.25) is 4.99 Å². The van der Waals surface area contributed by atoms with Crippen LogP contribution in [-0.4, -0.2) is 44.8 Å². The van der Waals surface area contributed by atoms with E-state index in [1.165, 1.54) is 0 Å². The first-order valence-electron chi connectivity index (χ1n) is 7.22. The van der Waals surface area contributed by atoms with E-state index < -0.39 is 0 Å². The number of thioether (sulfide) groups is 1. The van der Waals surface area contributed by atoms with Crippen molar-refractivity contribution in [3.63, 3.8) is 0 Å². The number of halogens is 1. The van der Waals surface area contributed by atoms with Gasteiger partial charge in [0.15, 0.2) is 17.5 Å². The van der Waals surface area contributed by atoms with Crippen LogP contribution in [0.4, 0.5) is 5.69 Å². The summed E-state index contributed by atoms with van der Waals surface area (Å²) in [5.74, 6) is 4.12. The molecule has 1 rings (SSSR count). The molecular weight excluding hydrogens is 425 g/mol. The highest BCUT2D eigenvalue weighted by atomic mass is 127. The van der Waals surface area contributed by atoms with Crippen molar-refractivity contribution in [2.75, 3.05) is 44.1 Å². The molecule has 0 heterocycles. The first kappa shape index (κ1) is 21.9. The molecule has 2 N–H and O–H groups in total. The summed E-state index contributed by atoms with van der Waals surface area (Å²) < 4.78 is 10.8.